The van der Waals surface area contributed by atoms with Crippen molar-refractivity contribution in [2.75, 3.05) is 41.3 Å². The number of hydrogen-bond acceptors (Lipinski definition) is 7. The minimum absolute atomic E-state index is 0.0903. The number of nitrogens with one attached hydrogen (secondary N) is 1. The first-order valence-corrected chi connectivity index (χ1v) is 8.95. The van der Waals surface area contributed by atoms with Crippen LogP contribution in [0.1, 0.15) is 10.5 Å². The normalized spacial score (nSPS) is 14.0. The molecule has 0 saturated carbocycles. The minimum atomic E-state index is -0.855. The second-order valence-corrected chi connectivity index (χ2v) is 6.36. The Labute approximate surface area is 165 Å². The molecule has 0 unspecified atom stereocenters. The molecule has 1 aliphatic rings. The molecule has 0 atom stereocenters. The van der Waals surface area contributed by atoms with E-state index in [1.54, 1.807) is 24.5 Å². The molecule has 10 heteroatoms. The highest BCUT2D eigenvalue weighted by Crippen LogP contribution is 2.19. The largest absolute Gasteiger partial charge is 0.353 e. The molecular weight excluding hydrogens is 380 g/mol. The fourth-order valence-electron chi connectivity index (χ4n) is 3.01. The van der Waals surface area contributed by atoms with E-state index in [1.165, 1.54) is 6.33 Å². The van der Waals surface area contributed by atoms with Gasteiger partial charge in [0.05, 0.1) is 5.69 Å². The predicted molar refractivity (Wildman–Crippen MR) is 103 cm³/mol. The summed E-state index contributed by atoms with van der Waals surface area (Å²) < 4.78 is 26.8. The molecule has 1 N–H and O–H groups in total. The number of nitrogens with zero attached hydrogens (tertiary/aromatic N) is 6. The molecule has 2 aromatic heterocycles. The van der Waals surface area contributed by atoms with E-state index in [1.807, 2.05) is 4.90 Å². The van der Waals surface area contributed by atoms with E-state index in [2.05, 4.69) is 30.2 Å². The number of anilines is 3. The molecule has 1 aliphatic heterocycles. The monoisotopic (exact) mass is 397 g/mol. The van der Waals surface area contributed by atoms with Crippen molar-refractivity contribution >= 4 is 23.4 Å². The summed E-state index contributed by atoms with van der Waals surface area (Å²) >= 11 is 0. The van der Waals surface area contributed by atoms with Crippen LogP contribution in [0.2, 0.25) is 0 Å². The standard InChI is InChI=1S/C19H17F2N7O/c20-13-2-3-15(14(21)10-13)26-18(29)16-11-17(25-12-24-16)27-6-8-28(9-7-27)19-22-4-1-5-23-19/h1-5,10-12H,6-9H2,(H,26,29). The van der Waals surface area contributed by atoms with Gasteiger partial charge in [-0.2, -0.15) is 0 Å². The first-order chi connectivity index (χ1) is 14.1. The number of carbonyl (C=O) groups is 1. The molecule has 0 bridgehead atoms. The maximum Gasteiger partial charge on any atom is 0.274 e. The van der Waals surface area contributed by atoms with Crippen LogP contribution in [0, 0.1) is 11.6 Å². The van der Waals surface area contributed by atoms with Gasteiger partial charge in [-0.15, -0.1) is 0 Å². The lowest BCUT2D eigenvalue weighted by atomic mass is 10.2. The van der Waals surface area contributed by atoms with Gasteiger partial charge in [0.15, 0.2) is 0 Å². The van der Waals surface area contributed by atoms with Crippen molar-refractivity contribution in [1.29, 1.82) is 0 Å². The highest BCUT2D eigenvalue weighted by atomic mass is 19.1. The summed E-state index contributed by atoms with van der Waals surface area (Å²) in [4.78, 5) is 33.2. The van der Waals surface area contributed by atoms with Crippen molar-refractivity contribution in [2.24, 2.45) is 0 Å². The summed E-state index contributed by atoms with van der Waals surface area (Å²) in [6, 6.07) is 6.25. The minimum Gasteiger partial charge on any atom is -0.353 e. The van der Waals surface area contributed by atoms with E-state index in [9.17, 15) is 13.6 Å². The summed E-state index contributed by atoms with van der Waals surface area (Å²) in [5, 5.41) is 2.40. The quantitative estimate of drug-likeness (QED) is 0.722. The molecule has 1 amide bonds. The third-order valence-corrected chi connectivity index (χ3v) is 4.50. The van der Waals surface area contributed by atoms with Crippen LogP contribution in [-0.2, 0) is 0 Å². The van der Waals surface area contributed by atoms with Gasteiger partial charge >= 0.3 is 0 Å². The summed E-state index contributed by atoms with van der Waals surface area (Å²) in [5.41, 5.74) is -0.0272. The molecule has 4 rings (SSSR count). The number of carbonyl (C=O) groups excluding carboxylic acids is 1. The molecule has 3 heterocycles. The van der Waals surface area contributed by atoms with Crippen molar-refractivity contribution in [3.63, 3.8) is 0 Å². The highest BCUT2D eigenvalue weighted by Gasteiger charge is 2.21. The summed E-state index contributed by atoms with van der Waals surface area (Å²) in [7, 11) is 0. The molecule has 29 heavy (non-hydrogen) atoms. The molecule has 3 aromatic rings. The van der Waals surface area contributed by atoms with Gasteiger partial charge in [-0.25, -0.2) is 28.7 Å². The predicted octanol–water partition coefficient (Wildman–Crippen LogP) is 2.12. The molecule has 1 aromatic carbocycles. The number of rotatable bonds is 4. The number of benzene rings is 1. The Bertz CT molecular complexity index is 1010. The van der Waals surface area contributed by atoms with Crippen molar-refractivity contribution < 1.29 is 13.6 Å². The van der Waals surface area contributed by atoms with Crippen LogP contribution in [0.4, 0.5) is 26.2 Å². The van der Waals surface area contributed by atoms with E-state index < -0.39 is 17.5 Å². The van der Waals surface area contributed by atoms with Gasteiger partial charge in [-0.1, -0.05) is 0 Å². The Hall–Kier alpha value is -3.69. The Kier molecular flexibility index (Phi) is 5.23. The number of aromatic nitrogens is 4. The van der Waals surface area contributed by atoms with Gasteiger partial charge < -0.3 is 15.1 Å². The van der Waals surface area contributed by atoms with Gasteiger partial charge in [0.2, 0.25) is 5.95 Å². The Morgan fingerprint density at radius 1 is 0.931 bits per heavy atom. The lowest BCUT2D eigenvalue weighted by Gasteiger charge is -2.35. The Morgan fingerprint density at radius 3 is 2.38 bits per heavy atom. The second-order valence-electron chi connectivity index (χ2n) is 6.36. The summed E-state index contributed by atoms with van der Waals surface area (Å²) in [5.74, 6) is -0.901. The number of halogens is 2. The smallest absolute Gasteiger partial charge is 0.274 e. The van der Waals surface area contributed by atoms with Crippen LogP contribution in [0.3, 0.4) is 0 Å². The van der Waals surface area contributed by atoms with Gasteiger partial charge in [0, 0.05) is 50.7 Å². The number of amides is 1. The number of hydrogen-bond donors (Lipinski definition) is 1. The maximum atomic E-state index is 13.8. The lowest BCUT2D eigenvalue weighted by molar-refractivity contribution is 0.102. The highest BCUT2D eigenvalue weighted by molar-refractivity contribution is 6.03. The topological polar surface area (TPSA) is 87.1 Å². The van der Waals surface area contributed by atoms with Crippen LogP contribution in [0.25, 0.3) is 0 Å². The lowest BCUT2D eigenvalue weighted by Crippen LogP contribution is -2.47. The molecule has 1 saturated heterocycles. The first-order valence-electron chi connectivity index (χ1n) is 8.95. The van der Waals surface area contributed by atoms with E-state index in [0.717, 1.165) is 12.1 Å². The van der Waals surface area contributed by atoms with Crippen molar-refractivity contribution in [1.82, 2.24) is 19.9 Å². The average Bonchev–Trinajstić information content (AvgIpc) is 2.76. The molecule has 8 nitrogen and oxygen atoms in total. The van der Waals surface area contributed by atoms with E-state index >= 15 is 0 Å². The molecule has 1 fully saturated rings. The molecule has 0 spiro atoms. The van der Waals surface area contributed by atoms with Gasteiger partial charge in [0.25, 0.3) is 5.91 Å². The van der Waals surface area contributed by atoms with Crippen molar-refractivity contribution in [3.05, 3.63) is 66.4 Å². The van der Waals surface area contributed by atoms with Crippen LogP contribution >= 0.6 is 0 Å². The van der Waals surface area contributed by atoms with Crippen molar-refractivity contribution in [2.45, 2.75) is 0 Å². The van der Waals surface area contributed by atoms with E-state index in [-0.39, 0.29) is 11.4 Å². The Morgan fingerprint density at radius 2 is 1.66 bits per heavy atom. The van der Waals surface area contributed by atoms with Crippen LogP contribution in [-0.4, -0.2) is 52.0 Å². The molecular formula is C19H17F2N7O. The van der Waals surface area contributed by atoms with E-state index in [4.69, 9.17) is 0 Å². The maximum absolute atomic E-state index is 13.8. The molecule has 0 aliphatic carbocycles. The number of piperazine rings is 1. The zero-order valence-electron chi connectivity index (χ0n) is 15.3. The second kappa shape index (κ2) is 8.13. The van der Waals surface area contributed by atoms with Crippen LogP contribution < -0.4 is 15.1 Å². The fourth-order valence-corrected chi connectivity index (χ4v) is 3.01. The zero-order chi connectivity index (χ0) is 20.2. The van der Waals surface area contributed by atoms with Gasteiger partial charge in [-0.3, -0.25) is 4.79 Å². The van der Waals surface area contributed by atoms with Crippen LogP contribution in [0.15, 0.2) is 49.1 Å². The van der Waals surface area contributed by atoms with Crippen molar-refractivity contribution in [3.8, 4) is 0 Å². The third kappa shape index (κ3) is 4.26. The molecule has 148 valence electrons. The Balaban J connectivity index is 1.43. The SMILES string of the molecule is O=C(Nc1ccc(F)cc1F)c1cc(N2CCN(c3ncccn3)CC2)ncn1. The van der Waals surface area contributed by atoms with Crippen LogP contribution in [0.5, 0.6) is 0 Å². The van der Waals surface area contributed by atoms with E-state index in [0.29, 0.717) is 44.0 Å². The van der Waals surface area contributed by atoms with Gasteiger partial charge in [0.1, 0.15) is 29.5 Å². The first kappa shape index (κ1) is 18.7. The fraction of sp³-hybridized carbons (Fsp3) is 0.211. The summed E-state index contributed by atoms with van der Waals surface area (Å²) in [6.45, 7) is 2.75. The molecule has 0 radical (unpaired) electrons. The third-order valence-electron chi connectivity index (χ3n) is 4.50. The van der Waals surface area contributed by atoms with Gasteiger partial charge in [-0.05, 0) is 18.2 Å². The summed E-state index contributed by atoms with van der Waals surface area (Å²) in [6.07, 6.45) is 4.69. The zero-order valence-corrected chi connectivity index (χ0v) is 15.3. The average molecular weight is 397 g/mol.